The molecule has 0 aliphatic carbocycles. The van der Waals surface area contributed by atoms with Gasteiger partial charge in [0.2, 0.25) is 0 Å². The molecule has 63 heavy (non-hydrogen) atoms. The molecule has 6 rings (SSSR count). The van der Waals surface area contributed by atoms with Gasteiger partial charge in [0.15, 0.2) is 0 Å². The van der Waals surface area contributed by atoms with Crippen molar-refractivity contribution in [3.63, 3.8) is 0 Å². The third-order valence-electron chi connectivity index (χ3n) is 5.15. The molecule has 0 nitrogen and oxygen atoms in total. The van der Waals surface area contributed by atoms with Crippen molar-refractivity contribution in [2.45, 2.75) is 200 Å². The first kappa shape index (κ1) is 85.8. The van der Waals surface area contributed by atoms with Gasteiger partial charge in [0.1, 0.15) is 0 Å². The average Bonchev–Trinajstić information content (AvgIpc) is 3.37. The van der Waals surface area contributed by atoms with E-state index in [0.717, 1.165) is 0 Å². The predicted octanol–water partition coefficient (Wildman–Crippen LogP) is 23.6. The Bertz CT molecular complexity index is 1170. The molecule has 366 valence electrons. The molecule has 0 aliphatic rings. The molecule has 0 saturated heterocycles. The molecule has 0 aliphatic heterocycles. The Morgan fingerprint density at radius 1 is 0.206 bits per heavy atom. The molecule has 0 radical (unpaired) electrons. The van der Waals surface area contributed by atoms with Crippen molar-refractivity contribution in [1.29, 1.82) is 0 Å². The van der Waals surface area contributed by atoms with Crippen molar-refractivity contribution in [1.82, 2.24) is 0 Å². The van der Waals surface area contributed by atoms with E-state index < -0.39 is 0 Å². The molecule has 0 amide bonds. The van der Waals surface area contributed by atoms with Crippen LogP contribution >= 0.6 is 0 Å². The highest BCUT2D eigenvalue weighted by Gasteiger charge is 1.85. The second kappa shape index (κ2) is 102. The first-order valence-corrected chi connectivity index (χ1v) is 24.9. The standard InChI is InChI=1S/C10H8.3C7H8.C6H6.3C3H8.8C2H6.CH4/c1-2-6-10-8-4-3-7-9(10)5-1;3*1-7-5-3-2-4-6-7;1-2-4-6-5-3-1;3*1-3-2;8*1-2;/h1-8H;3*2-6H,1H3;1-6H;3*3H2,1-2H3;8*1-2H3;1H4. The summed E-state index contributed by atoms with van der Waals surface area (Å²) in [6.07, 6.45) is 3.75. The highest BCUT2D eigenvalue weighted by molar-refractivity contribution is 5.82. The van der Waals surface area contributed by atoms with Gasteiger partial charge in [-0.3, -0.25) is 0 Å². The molecule has 0 fully saturated rings. The molecule has 6 aromatic carbocycles. The Balaban J connectivity index is -0.0000000531. The zero-order valence-electron chi connectivity index (χ0n) is 46.4. The zero-order valence-corrected chi connectivity index (χ0v) is 46.4. The lowest BCUT2D eigenvalue weighted by Crippen LogP contribution is -1.67. The predicted molar refractivity (Wildman–Crippen MR) is 309 cm³/mol. The van der Waals surface area contributed by atoms with Crippen LogP contribution in [0.4, 0.5) is 0 Å². The molecule has 0 bridgehead atoms. The number of hydrogen-bond acceptors (Lipinski definition) is 0. The van der Waals surface area contributed by atoms with Crippen molar-refractivity contribution in [2.24, 2.45) is 0 Å². The van der Waals surface area contributed by atoms with Crippen LogP contribution in [0.1, 0.15) is 196 Å². The molecule has 0 unspecified atom stereocenters. The number of benzene rings is 6. The summed E-state index contributed by atoms with van der Waals surface area (Å²) >= 11 is 0. The van der Waals surface area contributed by atoms with Crippen molar-refractivity contribution in [3.05, 3.63) is 193 Å². The largest absolute Gasteiger partial charge is 0.0776 e. The molecule has 0 heterocycles. The van der Waals surface area contributed by atoms with Gasteiger partial charge in [-0.15, -0.1) is 0 Å². The van der Waals surface area contributed by atoms with E-state index >= 15 is 0 Å². The van der Waals surface area contributed by atoms with Crippen LogP contribution in [-0.4, -0.2) is 0 Å². The maximum atomic E-state index is 2.12. The van der Waals surface area contributed by atoms with Crippen LogP contribution < -0.4 is 0 Å². The van der Waals surface area contributed by atoms with Gasteiger partial charge in [-0.1, -0.05) is 372 Å². The summed E-state index contributed by atoms with van der Waals surface area (Å²) < 4.78 is 0. The summed E-state index contributed by atoms with van der Waals surface area (Å²) in [5, 5.41) is 2.62. The molecular formula is C63H114. The molecule has 0 heteroatoms. The van der Waals surface area contributed by atoms with Gasteiger partial charge in [0, 0.05) is 0 Å². The van der Waals surface area contributed by atoms with Gasteiger partial charge in [-0.05, 0) is 31.5 Å². The minimum Gasteiger partial charge on any atom is -0.0776 e. The summed E-state index contributed by atoms with van der Waals surface area (Å²) in [5.74, 6) is 0. The third-order valence-corrected chi connectivity index (χ3v) is 5.15. The van der Waals surface area contributed by atoms with E-state index in [2.05, 4.69) is 147 Å². The van der Waals surface area contributed by atoms with Gasteiger partial charge in [-0.25, -0.2) is 0 Å². The third kappa shape index (κ3) is 93.7. The molecule has 0 aromatic heterocycles. The molecule has 0 saturated carbocycles. The average molecular weight is 872 g/mol. The zero-order chi connectivity index (χ0) is 50.5. The van der Waals surface area contributed by atoms with Crippen molar-refractivity contribution >= 4 is 10.8 Å². The number of hydrogen-bond donors (Lipinski definition) is 0. The lowest BCUT2D eigenvalue weighted by Gasteiger charge is -1.92. The van der Waals surface area contributed by atoms with E-state index in [1.165, 1.54) is 46.7 Å². The fourth-order valence-electron chi connectivity index (χ4n) is 3.12. The van der Waals surface area contributed by atoms with Crippen molar-refractivity contribution in [3.8, 4) is 0 Å². The Morgan fingerprint density at radius 2 is 0.302 bits per heavy atom. The lowest BCUT2D eigenvalue weighted by molar-refractivity contribution is 1.09. The van der Waals surface area contributed by atoms with Crippen LogP contribution in [0.25, 0.3) is 10.8 Å². The van der Waals surface area contributed by atoms with E-state index in [1.807, 2.05) is 202 Å². The van der Waals surface area contributed by atoms with Crippen LogP contribution in [0.2, 0.25) is 0 Å². The minimum absolute atomic E-state index is 0. The number of fused-ring (bicyclic) bond motifs is 1. The van der Waals surface area contributed by atoms with E-state index in [9.17, 15) is 0 Å². The Morgan fingerprint density at radius 3 is 0.397 bits per heavy atom. The SMILES string of the molecule is C.CC.CC.CC.CC.CC.CC.CC.CC.CCC.CCC.CCC.Cc1ccccc1.Cc1ccccc1.Cc1ccccc1.c1ccc2ccccc2c1.c1ccccc1. The van der Waals surface area contributed by atoms with Crippen molar-refractivity contribution < 1.29 is 0 Å². The van der Waals surface area contributed by atoms with Gasteiger partial charge < -0.3 is 0 Å². The van der Waals surface area contributed by atoms with Crippen LogP contribution in [0.3, 0.4) is 0 Å². The minimum atomic E-state index is 0. The smallest absolute Gasteiger partial charge is 0.0184 e. The van der Waals surface area contributed by atoms with Crippen LogP contribution in [0, 0.1) is 20.8 Å². The molecule has 0 atom stereocenters. The topological polar surface area (TPSA) is 0 Å². The summed E-state index contributed by atoms with van der Waals surface area (Å²) in [6, 6.07) is 59.5. The summed E-state index contributed by atoms with van der Waals surface area (Å²) in [7, 11) is 0. The number of aryl methyl sites for hydroxylation is 3. The highest BCUT2D eigenvalue weighted by atomic mass is 13.9. The molecule has 0 spiro atoms. The Labute approximate surface area is 401 Å². The normalized spacial score (nSPS) is 6.87. The monoisotopic (exact) mass is 871 g/mol. The maximum absolute atomic E-state index is 2.12. The quantitative estimate of drug-likeness (QED) is 0.143. The molecular weight excluding hydrogens is 757 g/mol. The van der Waals surface area contributed by atoms with Gasteiger partial charge in [-0.2, -0.15) is 0 Å². The van der Waals surface area contributed by atoms with Crippen LogP contribution in [0.15, 0.2) is 176 Å². The second-order valence-electron chi connectivity index (χ2n) is 10.6. The summed E-state index contributed by atoms with van der Waals surface area (Å²) in [5.41, 5.74) is 3.97. The summed E-state index contributed by atoms with van der Waals surface area (Å²) in [4.78, 5) is 0. The highest BCUT2D eigenvalue weighted by Crippen LogP contribution is 2.11. The van der Waals surface area contributed by atoms with Gasteiger partial charge >= 0.3 is 0 Å². The Kier molecular flexibility index (Phi) is 138. The lowest BCUT2D eigenvalue weighted by atomic mass is 10.1. The Hall–Kier alpha value is -4.42. The first-order chi connectivity index (χ1) is 30.4. The van der Waals surface area contributed by atoms with E-state index in [1.54, 1.807) is 0 Å². The van der Waals surface area contributed by atoms with Gasteiger partial charge in [0.25, 0.3) is 0 Å². The van der Waals surface area contributed by atoms with Crippen LogP contribution in [0.5, 0.6) is 0 Å². The number of rotatable bonds is 0. The maximum Gasteiger partial charge on any atom is -0.0184 e. The van der Waals surface area contributed by atoms with Crippen molar-refractivity contribution in [2.75, 3.05) is 0 Å². The van der Waals surface area contributed by atoms with E-state index in [-0.39, 0.29) is 7.43 Å². The second-order valence-corrected chi connectivity index (χ2v) is 10.6. The molecule has 0 N–H and O–H groups in total. The fraction of sp³-hybridized carbons (Fsp3) is 0.460. The van der Waals surface area contributed by atoms with Gasteiger partial charge in [0.05, 0.1) is 0 Å². The van der Waals surface area contributed by atoms with Crippen LogP contribution in [-0.2, 0) is 0 Å². The molecule has 6 aromatic rings. The first-order valence-electron chi connectivity index (χ1n) is 24.9. The van der Waals surface area contributed by atoms with E-state index in [0.29, 0.717) is 0 Å². The van der Waals surface area contributed by atoms with E-state index in [4.69, 9.17) is 0 Å². The fourth-order valence-corrected chi connectivity index (χ4v) is 3.12. The summed E-state index contributed by atoms with van der Waals surface area (Å²) in [6.45, 7) is 51.0.